The molecule has 1 saturated heterocycles. The highest BCUT2D eigenvalue weighted by Crippen LogP contribution is 2.30. The Morgan fingerprint density at radius 2 is 2.00 bits per heavy atom. The summed E-state index contributed by atoms with van der Waals surface area (Å²) in [6.45, 7) is 3.09. The summed E-state index contributed by atoms with van der Waals surface area (Å²) in [5.41, 5.74) is 0.772. The zero-order chi connectivity index (χ0) is 19.8. The molecule has 0 bridgehead atoms. The summed E-state index contributed by atoms with van der Waals surface area (Å²) in [6, 6.07) is 11.7. The fraction of sp³-hybridized carbons (Fsp3) is 0.211. The van der Waals surface area contributed by atoms with Crippen molar-refractivity contribution in [2.45, 2.75) is 19.4 Å². The molecule has 8 heteroatoms. The Morgan fingerprint density at radius 1 is 1.26 bits per heavy atom. The van der Waals surface area contributed by atoms with Gasteiger partial charge >= 0.3 is 6.03 Å². The van der Waals surface area contributed by atoms with Crippen LogP contribution in [0.2, 0.25) is 5.02 Å². The van der Waals surface area contributed by atoms with Gasteiger partial charge in [0.2, 0.25) is 5.91 Å². The molecule has 140 valence electrons. The van der Waals surface area contributed by atoms with E-state index < -0.39 is 29.9 Å². The summed E-state index contributed by atoms with van der Waals surface area (Å²) < 4.78 is 0.786. The van der Waals surface area contributed by atoms with E-state index in [1.165, 1.54) is 0 Å². The Labute approximate surface area is 170 Å². The van der Waals surface area contributed by atoms with E-state index in [0.717, 1.165) is 14.9 Å². The zero-order valence-electron chi connectivity index (χ0n) is 14.7. The van der Waals surface area contributed by atoms with Crippen LogP contribution in [0.4, 0.5) is 10.5 Å². The molecule has 27 heavy (non-hydrogen) atoms. The molecule has 2 aromatic carbocycles. The number of imide groups is 1. The first-order chi connectivity index (χ1) is 12.7. The summed E-state index contributed by atoms with van der Waals surface area (Å²) >= 11 is 9.47. The lowest BCUT2D eigenvalue weighted by Gasteiger charge is -2.22. The van der Waals surface area contributed by atoms with Gasteiger partial charge in [-0.1, -0.05) is 45.7 Å². The molecule has 1 atom stereocenters. The highest BCUT2D eigenvalue weighted by molar-refractivity contribution is 9.10. The number of carbonyl (C=O) groups excluding carboxylic acids is 3. The fourth-order valence-corrected chi connectivity index (χ4v) is 3.57. The summed E-state index contributed by atoms with van der Waals surface area (Å²) in [7, 11) is 0. The molecule has 0 saturated carbocycles. The third kappa shape index (κ3) is 3.84. The van der Waals surface area contributed by atoms with E-state index in [-0.39, 0.29) is 0 Å². The number of rotatable bonds is 4. The van der Waals surface area contributed by atoms with Gasteiger partial charge in [-0.15, -0.1) is 0 Å². The number of hydrogen-bond acceptors (Lipinski definition) is 3. The normalized spacial score (nSPS) is 19.2. The number of nitrogens with zero attached hydrogens (tertiary/aromatic N) is 1. The highest BCUT2D eigenvalue weighted by Gasteiger charge is 2.49. The van der Waals surface area contributed by atoms with Gasteiger partial charge in [-0.05, 0) is 49.2 Å². The van der Waals surface area contributed by atoms with Gasteiger partial charge in [-0.2, -0.15) is 0 Å². The first-order valence-corrected chi connectivity index (χ1v) is 9.34. The molecular weight excluding hydrogens is 434 g/mol. The van der Waals surface area contributed by atoms with Crippen molar-refractivity contribution in [1.82, 2.24) is 10.2 Å². The maximum absolute atomic E-state index is 12.9. The van der Waals surface area contributed by atoms with Crippen molar-refractivity contribution in [2.75, 3.05) is 11.9 Å². The molecule has 1 aliphatic rings. The molecule has 0 aliphatic carbocycles. The minimum atomic E-state index is -1.23. The van der Waals surface area contributed by atoms with Crippen LogP contribution in [0, 0.1) is 6.92 Å². The monoisotopic (exact) mass is 449 g/mol. The Kier molecular flexibility index (Phi) is 5.26. The number of carbonyl (C=O) groups is 3. The number of benzene rings is 2. The number of aryl methyl sites for hydroxylation is 1. The Hall–Kier alpha value is -2.38. The number of anilines is 1. The Bertz CT molecular complexity index is 950. The lowest BCUT2D eigenvalue weighted by Crippen LogP contribution is -2.42. The van der Waals surface area contributed by atoms with Crippen LogP contribution in [0.25, 0.3) is 0 Å². The molecule has 1 unspecified atom stereocenters. The van der Waals surface area contributed by atoms with Crippen LogP contribution in [-0.2, 0) is 15.1 Å². The Balaban J connectivity index is 1.76. The van der Waals surface area contributed by atoms with Crippen LogP contribution >= 0.6 is 27.5 Å². The molecule has 6 nitrogen and oxygen atoms in total. The number of nitrogens with one attached hydrogen (secondary N) is 2. The van der Waals surface area contributed by atoms with E-state index in [0.29, 0.717) is 16.3 Å². The molecule has 1 heterocycles. The molecule has 0 spiro atoms. The van der Waals surface area contributed by atoms with Gasteiger partial charge in [0, 0.05) is 4.47 Å². The third-order valence-electron chi connectivity index (χ3n) is 4.38. The van der Waals surface area contributed by atoms with Gasteiger partial charge in [0.25, 0.3) is 5.91 Å². The number of hydrogen-bond donors (Lipinski definition) is 2. The first-order valence-electron chi connectivity index (χ1n) is 8.17. The minimum Gasteiger partial charge on any atom is -0.323 e. The SMILES string of the molecule is Cc1ccc(NC(=O)CN2C(=O)NC(C)(c3cccc(Br)c3)C2=O)c(Cl)c1. The number of urea groups is 1. The fourth-order valence-electron chi connectivity index (χ4n) is 2.89. The van der Waals surface area contributed by atoms with Crippen molar-refractivity contribution < 1.29 is 14.4 Å². The topological polar surface area (TPSA) is 78.5 Å². The van der Waals surface area contributed by atoms with Crippen LogP contribution in [0.5, 0.6) is 0 Å². The first kappa shape index (κ1) is 19.4. The second-order valence-electron chi connectivity index (χ2n) is 6.49. The van der Waals surface area contributed by atoms with Crippen molar-refractivity contribution in [1.29, 1.82) is 0 Å². The van der Waals surface area contributed by atoms with E-state index in [9.17, 15) is 14.4 Å². The molecule has 4 amide bonds. The summed E-state index contributed by atoms with van der Waals surface area (Å²) in [5.74, 6) is -1.00. The van der Waals surface area contributed by atoms with Crippen LogP contribution in [0.15, 0.2) is 46.9 Å². The van der Waals surface area contributed by atoms with Gasteiger partial charge in [-0.3, -0.25) is 14.5 Å². The van der Waals surface area contributed by atoms with Crippen LogP contribution in [0.3, 0.4) is 0 Å². The molecule has 0 radical (unpaired) electrons. The van der Waals surface area contributed by atoms with E-state index in [1.54, 1.807) is 43.3 Å². The maximum atomic E-state index is 12.9. The average molecular weight is 451 g/mol. The van der Waals surface area contributed by atoms with Gasteiger partial charge in [0.1, 0.15) is 12.1 Å². The maximum Gasteiger partial charge on any atom is 0.325 e. The predicted molar refractivity (Wildman–Crippen MR) is 107 cm³/mol. The van der Waals surface area contributed by atoms with Crippen molar-refractivity contribution in [2.24, 2.45) is 0 Å². The second kappa shape index (κ2) is 7.32. The van der Waals surface area contributed by atoms with Crippen molar-refractivity contribution in [3.05, 3.63) is 63.1 Å². The number of halogens is 2. The third-order valence-corrected chi connectivity index (χ3v) is 5.18. The molecule has 0 aromatic heterocycles. The highest BCUT2D eigenvalue weighted by atomic mass is 79.9. The standard InChI is InChI=1S/C19H17BrClN3O3/c1-11-6-7-15(14(21)8-11)22-16(25)10-24-17(26)19(2,23-18(24)27)12-4-3-5-13(20)9-12/h3-9H,10H2,1-2H3,(H,22,25)(H,23,27). The van der Waals surface area contributed by atoms with Crippen molar-refractivity contribution in [3.63, 3.8) is 0 Å². The molecule has 1 fully saturated rings. The smallest absolute Gasteiger partial charge is 0.323 e. The minimum absolute atomic E-state index is 0.388. The second-order valence-corrected chi connectivity index (χ2v) is 7.81. The molecule has 2 aromatic rings. The van der Waals surface area contributed by atoms with Crippen molar-refractivity contribution >= 4 is 51.1 Å². The van der Waals surface area contributed by atoms with Crippen LogP contribution in [-0.4, -0.2) is 29.3 Å². The van der Waals surface area contributed by atoms with Crippen LogP contribution in [0.1, 0.15) is 18.1 Å². The molecule has 1 aliphatic heterocycles. The van der Waals surface area contributed by atoms with E-state index in [1.807, 2.05) is 13.0 Å². The van der Waals surface area contributed by atoms with Crippen LogP contribution < -0.4 is 10.6 Å². The zero-order valence-corrected chi connectivity index (χ0v) is 17.0. The van der Waals surface area contributed by atoms with E-state index in [4.69, 9.17) is 11.6 Å². The lowest BCUT2D eigenvalue weighted by atomic mass is 9.92. The Morgan fingerprint density at radius 3 is 2.67 bits per heavy atom. The quantitative estimate of drug-likeness (QED) is 0.695. The summed E-state index contributed by atoms with van der Waals surface area (Å²) in [5, 5.41) is 5.69. The summed E-state index contributed by atoms with van der Waals surface area (Å²) in [6.07, 6.45) is 0. The molecular formula is C19H17BrClN3O3. The molecule has 3 rings (SSSR count). The average Bonchev–Trinajstić information content (AvgIpc) is 2.82. The lowest BCUT2D eigenvalue weighted by molar-refractivity contribution is -0.133. The number of amides is 4. The summed E-state index contributed by atoms with van der Waals surface area (Å²) in [4.78, 5) is 38.5. The van der Waals surface area contributed by atoms with Gasteiger partial charge in [0.15, 0.2) is 0 Å². The largest absolute Gasteiger partial charge is 0.325 e. The van der Waals surface area contributed by atoms with Crippen molar-refractivity contribution in [3.8, 4) is 0 Å². The van der Waals surface area contributed by atoms with E-state index in [2.05, 4.69) is 26.6 Å². The van der Waals surface area contributed by atoms with Gasteiger partial charge < -0.3 is 10.6 Å². The van der Waals surface area contributed by atoms with Gasteiger partial charge in [-0.25, -0.2) is 4.79 Å². The predicted octanol–water partition coefficient (Wildman–Crippen LogP) is 3.82. The molecule has 2 N–H and O–H groups in total. The van der Waals surface area contributed by atoms with Gasteiger partial charge in [0.05, 0.1) is 10.7 Å². The van der Waals surface area contributed by atoms with E-state index >= 15 is 0 Å².